The van der Waals surface area contributed by atoms with Gasteiger partial charge in [0.05, 0.1) is 0 Å². The third-order valence-electron chi connectivity index (χ3n) is 4.31. The van der Waals surface area contributed by atoms with E-state index in [0.29, 0.717) is 5.92 Å². The summed E-state index contributed by atoms with van der Waals surface area (Å²) in [5.41, 5.74) is 0.728. The number of benzene rings is 2. The first kappa shape index (κ1) is 17.1. The van der Waals surface area contributed by atoms with E-state index < -0.39 is 0 Å². The first-order chi connectivity index (χ1) is 12.3. The van der Waals surface area contributed by atoms with Crippen molar-refractivity contribution >= 4 is 16.7 Å². The lowest BCUT2D eigenvalue weighted by Crippen LogP contribution is -2.30. The van der Waals surface area contributed by atoms with Crippen molar-refractivity contribution in [3.63, 3.8) is 0 Å². The zero-order valence-corrected chi connectivity index (χ0v) is 14.2. The van der Waals surface area contributed by atoms with Crippen LogP contribution in [0.4, 0.5) is 0 Å². The van der Waals surface area contributed by atoms with Gasteiger partial charge in [0.25, 0.3) is 5.91 Å². The Balaban J connectivity index is 0.000000393. The summed E-state index contributed by atoms with van der Waals surface area (Å²) in [4.78, 5) is 16.3. The molecule has 2 aromatic carbocycles. The van der Waals surface area contributed by atoms with Gasteiger partial charge in [-0.1, -0.05) is 48.5 Å². The van der Waals surface area contributed by atoms with Gasteiger partial charge in [-0.3, -0.25) is 9.78 Å². The molecule has 4 rings (SSSR count). The maximum absolute atomic E-state index is 12.3. The molecule has 0 aliphatic carbocycles. The molecule has 3 aromatic rings. The third-order valence-corrected chi connectivity index (χ3v) is 4.31. The minimum Gasteiger partial charge on any atom is -0.352 e. The summed E-state index contributed by atoms with van der Waals surface area (Å²) >= 11 is 0. The van der Waals surface area contributed by atoms with Crippen LogP contribution in [0.1, 0.15) is 19.6 Å². The summed E-state index contributed by atoms with van der Waals surface area (Å²) in [6, 6.07) is 19.6. The fraction of sp³-hybridized carbons (Fsp3) is 0.238. The quantitative estimate of drug-likeness (QED) is 0.765. The van der Waals surface area contributed by atoms with Gasteiger partial charge in [0.2, 0.25) is 0 Å². The van der Waals surface area contributed by atoms with Crippen LogP contribution in [0.2, 0.25) is 0 Å². The van der Waals surface area contributed by atoms with E-state index in [1.54, 1.807) is 12.4 Å². The first-order valence-electron chi connectivity index (χ1n) is 8.66. The van der Waals surface area contributed by atoms with Crippen molar-refractivity contribution in [2.45, 2.75) is 6.42 Å². The average molecular weight is 337 g/mol. The van der Waals surface area contributed by atoms with Crippen molar-refractivity contribution in [1.29, 1.82) is 0 Å². The number of aromatic nitrogens is 1. The zero-order chi connectivity index (χ0) is 17.3. The molecule has 0 spiro atoms. The number of carbonyl (C=O) groups excluding carboxylic acids is 1. The Labute approximate surface area is 151 Å². The summed E-state index contributed by atoms with van der Waals surface area (Å²) in [6.45, 7) is 2.80. The van der Waals surface area contributed by atoms with Gasteiger partial charge >= 0.3 is 0 Å². The fourth-order valence-corrected chi connectivity index (χ4v) is 2.93. The maximum atomic E-state index is 12.3. The second kappa shape index (κ2) is 8.94. The van der Waals surface area contributed by atoms with Gasteiger partial charge in [0.15, 0.2) is 0 Å². The number of nitrogens with one attached hydrogen (secondary N) is 2. The van der Waals surface area contributed by atoms with E-state index >= 15 is 0 Å². The molecule has 1 saturated heterocycles. The SMILES string of the molecule is O=C(NC[C@@H]1CCNC1)c1cccc2cnccc12.[HH].[HH].c1ccccc1. The fourth-order valence-electron chi connectivity index (χ4n) is 2.93. The van der Waals surface area contributed by atoms with Crippen LogP contribution < -0.4 is 10.6 Å². The van der Waals surface area contributed by atoms with E-state index in [0.717, 1.165) is 42.4 Å². The standard InChI is InChI=1S/C15H17N3O.C6H6.2H2/c19-15(18-9-11-4-6-16-8-11)14-3-1-2-12-10-17-7-5-13(12)14;1-2-4-6-5-3-1;;/h1-3,5,7,10-11,16H,4,6,8-9H2,(H,18,19);1-6H;2*1H/t11-;;;/m1.../s1. The Kier molecular flexibility index (Phi) is 6.12. The molecule has 132 valence electrons. The van der Waals surface area contributed by atoms with Crippen LogP contribution in [0.15, 0.2) is 73.1 Å². The summed E-state index contributed by atoms with van der Waals surface area (Å²) in [5.74, 6) is 0.560. The van der Waals surface area contributed by atoms with Crippen molar-refractivity contribution in [1.82, 2.24) is 15.6 Å². The van der Waals surface area contributed by atoms with Gasteiger partial charge < -0.3 is 10.6 Å². The van der Waals surface area contributed by atoms with Gasteiger partial charge in [-0.15, -0.1) is 0 Å². The lowest BCUT2D eigenvalue weighted by atomic mass is 10.1. The lowest BCUT2D eigenvalue weighted by molar-refractivity contribution is 0.0950. The maximum Gasteiger partial charge on any atom is 0.251 e. The van der Waals surface area contributed by atoms with Gasteiger partial charge in [0.1, 0.15) is 0 Å². The number of fused-ring (bicyclic) bond motifs is 1. The Bertz CT molecular complexity index is 777. The summed E-state index contributed by atoms with van der Waals surface area (Å²) in [7, 11) is 0. The van der Waals surface area contributed by atoms with Crippen LogP contribution in [-0.2, 0) is 0 Å². The molecule has 1 aliphatic rings. The highest BCUT2D eigenvalue weighted by atomic mass is 16.1. The third kappa shape index (κ3) is 4.88. The second-order valence-corrected chi connectivity index (χ2v) is 6.13. The van der Waals surface area contributed by atoms with Crippen molar-refractivity contribution in [2.75, 3.05) is 19.6 Å². The molecule has 1 atom stereocenters. The van der Waals surface area contributed by atoms with Crippen molar-refractivity contribution in [3.05, 3.63) is 78.6 Å². The van der Waals surface area contributed by atoms with Crippen LogP contribution in [0.5, 0.6) is 0 Å². The first-order valence-corrected chi connectivity index (χ1v) is 8.66. The van der Waals surface area contributed by atoms with E-state index in [1.165, 1.54) is 0 Å². The molecule has 25 heavy (non-hydrogen) atoms. The van der Waals surface area contributed by atoms with Crippen LogP contribution in [0.25, 0.3) is 10.8 Å². The number of pyridine rings is 1. The molecule has 1 fully saturated rings. The highest BCUT2D eigenvalue weighted by molar-refractivity contribution is 6.06. The molecule has 0 saturated carbocycles. The van der Waals surface area contributed by atoms with Crippen molar-refractivity contribution in [2.24, 2.45) is 5.92 Å². The molecular weight excluding hydrogens is 310 g/mol. The van der Waals surface area contributed by atoms with E-state index in [2.05, 4.69) is 15.6 Å². The summed E-state index contributed by atoms with van der Waals surface area (Å²) in [6.07, 6.45) is 4.65. The Hall–Kier alpha value is -2.72. The number of nitrogens with zero attached hydrogens (tertiary/aromatic N) is 1. The second-order valence-electron chi connectivity index (χ2n) is 6.13. The van der Waals surface area contributed by atoms with Crippen molar-refractivity contribution in [3.8, 4) is 0 Å². The van der Waals surface area contributed by atoms with Gasteiger partial charge in [-0.2, -0.15) is 0 Å². The lowest BCUT2D eigenvalue weighted by Gasteiger charge is -2.11. The molecule has 1 aromatic heterocycles. The molecule has 2 N–H and O–H groups in total. The van der Waals surface area contributed by atoms with Gasteiger partial charge in [0, 0.05) is 32.7 Å². The largest absolute Gasteiger partial charge is 0.352 e. The predicted octanol–water partition coefficient (Wildman–Crippen LogP) is 3.75. The van der Waals surface area contributed by atoms with Crippen LogP contribution in [0, 0.1) is 5.92 Å². The number of hydrogen-bond acceptors (Lipinski definition) is 3. The van der Waals surface area contributed by atoms with E-state index in [4.69, 9.17) is 0 Å². The monoisotopic (exact) mass is 337 g/mol. The molecule has 0 radical (unpaired) electrons. The van der Waals surface area contributed by atoms with E-state index in [1.807, 2.05) is 60.7 Å². The minimum absolute atomic E-state index is 0. The molecule has 4 nitrogen and oxygen atoms in total. The normalized spacial score (nSPS) is 16.1. The Morgan fingerprint density at radius 2 is 1.88 bits per heavy atom. The van der Waals surface area contributed by atoms with E-state index in [-0.39, 0.29) is 8.76 Å². The van der Waals surface area contributed by atoms with Gasteiger partial charge in [-0.05, 0) is 42.9 Å². The van der Waals surface area contributed by atoms with Crippen molar-refractivity contribution < 1.29 is 7.65 Å². The molecule has 1 aliphatic heterocycles. The predicted molar refractivity (Wildman–Crippen MR) is 106 cm³/mol. The number of hydrogen-bond donors (Lipinski definition) is 2. The summed E-state index contributed by atoms with van der Waals surface area (Å²) < 4.78 is 0. The van der Waals surface area contributed by atoms with Crippen LogP contribution in [0.3, 0.4) is 0 Å². The Morgan fingerprint density at radius 3 is 2.56 bits per heavy atom. The number of rotatable bonds is 3. The topological polar surface area (TPSA) is 54.0 Å². The smallest absolute Gasteiger partial charge is 0.251 e. The zero-order valence-electron chi connectivity index (χ0n) is 14.2. The van der Waals surface area contributed by atoms with Crippen LogP contribution in [-0.4, -0.2) is 30.5 Å². The number of carbonyl (C=O) groups is 1. The van der Waals surface area contributed by atoms with Crippen LogP contribution >= 0.6 is 0 Å². The van der Waals surface area contributed by atoms with E-state index in [9.17, 15) is 4.79 Å². The molecule has 0 bridgehead atoms. The Morgan fingerprint density at radius 1 is 1.12 bits per heavy atom. The highest BCUT2D eigenvalue weighted by Gasteiger charge is 2.16. The number of amides is 1. The molecular formula is C21H27N3O. The minimum atomic E-state index is 0. The summed E-state index contributed by atoms with van der Waals surface area (Å²) in [5, 5.41) is 8.30. The highest BCUT2D eigenvalue weighted by Crippen LogP contribution is 2.17. The molecule has 2 heterocycles. The average Bonchev–Trinajstić information content (AvgIpc) is 3.21. The van der Waals surface area contributed by atoms with Gasteiger partial charge in [-0.25, -0.2) is 0 Å². The molecule has 1 amide bonds. The molecule has 4 heteroatoms. The molecule has 0 unspecified atom stereocenters.